The molecule has 3 rings (SSSR count). The summed E-state index contributed by atoms with van der Waals surface area (Å²) in [5.41, 5.74) is 1.97. The molecule has 2 aliphatic rings. The molecule has 1 saturated carbocycles. The van der Waals surface area contributed by atoms with E-state index in [0.717, 1.165) is 17.7 Å². The van der Waals surface area contributed by atoms with E-state index in [0.29, 0.717) is 19.4 Å². The molecule has 1 aromatic carbocycles. The maximum absolute atomic E-state index is 12.7. The fourth-order valence-corrected chi connectivity index (χ4v) is 3.65. The summed E-state index contributed by atoms with van der Waals surface area (Å²) < 4.78 is 38.0. The summed E-state index contributed by atoms with van der Waals surface area (Å²) in [6.07, 6.45) is -2.73. The summed E-state index contributed by atoms with van der Waals surface area (Å²) in [5, 5.41) is 5.18. The van der Waals surface area contributed by atoms with Crippen LogP contribution in [0.2, 0.25) is 0 Å². The molecule has 0 saturated heterocycles. The third-order valence-electron chi connectivity index (χ3n) is 5.11. The number of hydrogen-bond donors (Lipinski definition) is 2. The van der Waals surface area contributed by atoms with E-state index in [2.05, 4.69) is 10.6 Å². The lowest BCUT2D eigenvalue weighted by Gasteiger charge is -2.30. The van der Waals surface area contributed by atoms with E-state index in [9.17, 15) is 22.8 Å². The topological polar surface area (TPSA) is 61.4 Å². The Hall–Kier alpha value is -2.25. The SMILES string of the molecule is O=C(NCC(=O)N1CCc2ccccc21)NC1CCC(C(F)(F)F)CC1. The minimum atomic E-state index is -4.16. The monoisotopic (exact) mass is 369 g/mol. The fourth-order valence-electron chi connectivity index (χ4n) is 3.65. The second-order valence-corrected chi connectivity index (χ2v) is 6.84. The Labute approximate surface area is 149 Å². The Balaban J connectivity index is 1.42. The zero-order chi connectivity index (χ0) is 18.7. The van der Waals surface area contributed by atoms with Crippen molar-refractivity contribution in [3.63, 3.8) is 0 Å². The molecule has 1 aliphatic heterocycles. The second-order valence-electron chi connectivity index (χ2n) is 6.84. The summed E-state index contributed by atoms with van der Waals surface area (Å²) in [4.78, 5) is 25.9. The standard InChI is InChI=1S/C18H22F3N3O2/c19-18(20,21)13-5-7-14(8-6-13)23-17(26)22-11-16(25)24-10-9-12-3-1-2-4-15(12)24/h1-4,13-14H,5-11H2,(H2,22,23,26). The lowest BCUT2D eigenvalue weighted by molar-refractivity contribution is -0.182. The van der Waals surface area contributed by atoms with Crippen LogP contribution in [0.15, 0.2) is 24.3 Å². The predicted molar refractivity (Wildman–Crippen MR) is 90.8 cm³/mol. The molecule has 0 bridgehead atoms. The molecule has 1 heterocycles. The van der Waals surface area contributed by atoms with E-state index in [4.69, 9.17) is 0 Å². The van der Waals surface area contributed by atoms with Crippen LogP contribution >= 0.6 is 0 Å². The summed E-state index contributed by atoms with van der Waals surface area (Å²) in [6, 6.07) is 6.84. The smallest absolute Gasteiger partial charge is 0.335 e. The third kappa shape index (κ3) is 4.28. The Morgan fingerprint density at radius 1 is 1.12 bits per heavy atom. The number of rotatable bonds is 3. The summed E-state index contributed by atoms with van der Waals surface area (Å²) in [7, 11) is 0. The van der Waals surface area contributed by atoms with E-state index >= 15 is 0 Å². The molecule has 2 N–H and O–H groups in total. The molecular weight excluding hydrogens is 347 g/mol. The van der Waals surface area contributed by atoms with Crippen LogP contribution in [0, 0.1) is 5.92 Å². The van der Waals surface area contributed by atoms with Gasteiger partial charge in [0.2, 0.25) is 5.91 Å². The van der Waals surface area contributed by atoms with Crippen molar-refractivity contribution in [1.29, 1.82) is 0 Å². The number of hydrogen-bond acceptors (Lipinski definition) is 2. The molecule has 26 heavy (non-hydrogen) atoms. The van der Waals surface area contributed by atoms with Crippen molar-refractivity contribution >= 4 is 17.6 Å². The van der Waals surface area contributed by atoms with E-state index < -0.39 is 18.1 Å². The van der Waals surface area contributed by atoms with Gasteiger partial charge in [-0.3, -0.25) is 4.79 Å². The van der Waals surface area contributed by atoms with Gasteiger partial charge in [-0.25, -0.2) is 4.79 Å². The number of carbonyl (C=O) groups excluding carboxylic acids is 2. The van der Waals surface area contributed by atoms with Gasteiger partial charge in [-0.2, -0.15) is 13.2 Å². The molecule has 142 valence electrons. The van der Waals surface area contributed by atoms with Crippen LogP contribution in [0.1, 0.15) is 31.2 Å². The Morgan fingerprint density at radius 2 is 1.81 bits per heavy atom. The van der Waals surface area contributed by atoms with Crippen molar-refractivity contribution in [2.24, 2.45) is 5.92 Å². The number of benzene rings is 1. The highest BCUT2D eigenvalue weighted by Crippen LogP contribution is 2.37. The zero-order valence-electron chi connectivity index (χ0n) is 14.3. The van der Waals surface area contributed by atoms with Gasteiger partial charge in [0.1, 0.15) is 0 Å². The van der Waals surface area contributed by atoms with E-state index in [1.807, 2.05) is 24.3 Å². The molecule has 1 aromatic rings. The molecule has 0 atom stereocenters. The molecule has 1 fully saturated rings. The minimum Gasteiger partial charge on any atom is -0.335 e. The van der Waals surface area contributed by atoms with E-state index in [1.54, 1.807) is 4.90 Å². The van der Waals surface area contributed by atoms with Crippen LogP contribution in [-0.4, -0.2) is 37.2 Å². The van der Waals surface area contributed by atoms with Crippen LogP contribution in [0.4, 0.5) is 23.7 Å². The number of alkyl halides is 3. The number of para-hydroxylation sites is 1. The van der Waals surface area contributed by atoms with Crippen LogP contribution in [0.25, 0.3) is 0 Å². The summed E-state index contributed by atoms with van der Waals surface area (Å²) >= 11 is 0. The van der Waals surface area contributed by atoms with Crippen molar-refractivity contribution in [2.45, 2.75) is 44.3 Å². The van der Waals surface area contributed by atoms with E-state index in [-0.39, 0.29) is 31.3 Å². The number of amides is 3. The van der Waals surface area contributed by atoms with Gasteiger partial charge in [-0.15, -0.1) is 0 Å². The zero-order valence-corrected chi connectivity index (χ0v) is 14.3. The molecule has 8 heteroatoms. The number of carbonyl (C=O) groups is 2. The first-order chi connectivity index (χ1) is 12.3. The summed E-state index contributed by atoms with van der Waals surface area (Å²) in [5.74, 6) is -1.48. The lowest BCUT2D eigenvalue weighted by Crippen LogP contribution is -2.47. The van der Waals surface area contributed by atoms with Crippen molar-refractivity contribution in [1.82, 2.24) is 10.6 Å². The first-order valence-electron chi connectivity index (χ1n) is 8.84. The van der Waals surface area contributed by atoms with Crippen LogP contribution in [-0.2, 0) is 11.2 Å². The highest BCUT2D eigenvalue weighted by atomic mass is 19.4. The van der Waals surface area contributed by atoms with Gasteiger partial charge in [0.05, 0.1) is 12.5 Å². The van der Waals surface area contributed by atoms with Crippen molar-refractivity contribution in [2.75, 3.05) is 18.0 Å². The quantitative estimate of drug-likeness (QED) is 0.861. The van der Waals surface area contributed by atoms with Crippen LogP contribution < -0.4 is 15.5 Å². The number of nitrogens with one attached hydrogen (secondary N) is 2. The van der Waals surface area contributed by atoms with Crippen LogP contribution in [0.3, 0.4) is 0 Å². The lowest BCUT2D eigenvalue weighted by atomic mass is 9.86. The van der Waals surface area contributed by atoms with Gasteiger partial charge in [0.15, 0.2) is 0 Å². The average Bonchev–Trinajstić information content (AvgIpc) is 3.03. The van der Waals surface area contributed by atoms with Gasteiger partial charge in [0, 0.05) is 18.3 Å². The molecule has 0 radical (unpaired) electrons. The van der Waals surface area contributed by atoms with Crippen molar-refractivity contribution < 1.29 is 22.8 Å². The predicted octanol–water partition coefficient (Wildman–Crippen LogP) is 3.00. The molecule has 1 aliphatic carbocycles. The summed E-state index contributed by atoms with van der Waals surface area (Å²) in [6.45, 7) is 0.445. The average molecular weight is 369 g/mol. The minimum absolute atomic E-state index is 0.0257. The van der Waals surface area contributed by atoms with Gasteiger partial charge >= 0.3 is 12.2 Å². The van der Waals surface area contributed by atoms with Gasteiger partial charge in [-0.05, 0) is 43.7 Å². The maximum Gasteiger partial charge on any atom is 0.391 e. The molecule has 0 unspecified atom stereocenters. The van der Waals surface area contributed by atoms with Gasteiger partial charge in [0.25, 0.3) is 0 Å². The fraction of sp³-hybridized carbons (Fsp3) is 0.556. The number of nitrogens with zero attached hydrogens (tertiary/aromatic N) is 1. The number of halogens is 3. The number of urea groups is 1. The Morgan fingerprint density at radius 3 is 2.50 bits per heavy atom. The molecule has 5 nitrogen and oxygen atoms in total. The van der Waals surface area contributed by atoms with E-state index in [1.165, 1.54) is 0 Å². The molecule has 3 amide bonds. The highest BCUT2D eigenvalue weighted by molar-refractivity contribution is 5.98. The Bertz CT molecular complexity index is 670. The van der Waals surface area contributed by atoms with Gasteiger partial charge < -0.3 is 15.5 Å². The molecule has 0 spiro atoms. The second kappa shape index (κ2) is 7.55. The maximum atomic E-state index is 12.7. The molecule has 0 aromatic heterocycles. The number of anilines is 1. The van der Waals surface area contributed by atoms with Gasteiger partial charge in [-0.1, -0.05) is 18.2 Å². The largest absolute Gasteiger partial charge is 0.391 e. The third-order valence-corrected chi connectivity index (χ3v) is 5.11. The molecular formula is C18H22F3N3O2. The Kier molecular flexibility index (Phi) is 5.38. The van der Waals surface area contributed by atoms with Crippen LogP contribution in [0.5, 0.6) is 0 Å². The highest BCUT2D eigenvalue weighted by Gasteiger charge is 2.41. The van der Waals surface area contributed by atoms with Crippen molar-refractivity contribution in [3.8, 4) is 0 Å². The number of fused-ring (bicyclic) bond motifs is 1. The first kappa shape index (κ1) is 18.5. The van der Waals surface area contributed by atoms with Crippen molar-refractivity contribution in [3.05, 3.63) is 29.8 Å². The normalized spacial score (nSPS) is 22.7. The first-order valence-corrected chi connectivity index (χ1v) is 8.84.